The number of para-hydroxylation sites is 1. The van der Waals surface area contributed by atoms with E-state index >= 15 is 0 Å². The quantitative estimate of drug-likeness (QED) is 0.379. The van der Waals surface area contributed by atoms with Gasteiger partial charge >= 0.3 is 0 Å². The topological polar surface area (TPSA) is 52.6 Å². The fraction of sp³-hybridized carbons (Fsp3) is 0.0769. The molecule has 0 saturated heterocycles. The van der Waals surface area contributed by atoms with Crippen molar-refractivity contribution in [1.82, 2.24) is 0 Å². The van der Waals surface area contributed by atoms with Crippen molar-refractivity contribution in [3.63, 3.8) is 0 Å². The molecule has 0 fully saturated rings. The first kappa shape index (κ1) is 21.5. The average molecular weight is 444 g/mol. The van der Waals surface area contributed by atoms with Crippen LogP contribution in [0.25, 0.3) is 0 Å². The first-order valence-electron chi connectivity index (χ1n) is 10.2. The smallest absolute Gasteiger partial charge is 0.261 e. The van der Waals surface area contributed by atoms with Gasteiger partial charge in [-0.1, -0.05) is 36.4 Å². The van der Waals surface area contributed by atoms with Crippen molar-refractivity contribution in [3.8, 4) is 0 Å². The summed E-state index contributed by atoms with van der Waals surface area (Å²) in [5.41, 5.74) is 4.73. The Balaban J connectivity index is 1.46. The van der Waals surface area contributed by atoms with Crippen molar-refractivity contribution < 1.29 is 8.42 Å². The zero-order chi connectivity index (χ0) is 22.6. The molecule has 0 atom stereocenters. The van der Waals surface area contributed by atoms with E-state index in [1.165, 1.54) is 0 Å². The predicted octanol–water partition coefficient (Wildman–Crippen LogP) is 6.02. The van der Waals surface area contributed by atoms with E-state index < -0.39 is 10.0 Å². The second-order valence-corrected chi connectivity index (χ2v) is 9.12. The van der Waals surface area contributed by atoms with Gasteiger partial charge in [-0.15, -0.1) is 0 Å². The second kappa shape index (κ2) is 9.16. The molecule has 0 heterocycles. The van der Waals surface area contributed by atoms with Crippen LogP contribution in [0.3, 0.4) is 0 Å². The highest BCUT2D eigenvalue weighted by molar-refractivity contribution is 7.92. The molecule has 162 valence electrons. The maximum Gasteiger partial charge on any atom is 0.261 e. The van der Waals surface area contributed by atoms with Crippen LogP contribution in [-0.2, 0) is 10.0 Å². The van der Waals surface area contributed by atoms with Gasteiger partial charge in [-0.2, -0.15) is 0 Å². The average Bonchev–Trinajstić information content (AvgIpc) is 2.84. The standard InChI is InChI=1S/C26H25N3O2S/c1-28(22-9-5-3-6-10-22)24-17-19-25(20-18-24)29(2)23-15-13-21(14-16-23)27-32(30,31)26-11-7-4-8-12-26/h3-20,27H,1-2H3. The van der Waals surface area contributed by atoms with Crippen LogP contribution in [0.1, 0.15) is 0 Å². The molecule has 0 saturated carbocycles. The van der Waals surface area contributed by atoms with Gasteiger partial charge < -0.3 is 9.80 Å². The summed E-state index contributed by atoms with van der Waals surface area (Å²) in [5.74, 6) is 0. The van der Waals surface area contributed by atoms with E-state index in [-0.39, 0.29) is 4.90 Å². The number of hydrogen-bond donors (Lipinski definition) is 1. The number of nitrogens with zero attached hydrogens (tertiary/aromatic N) is 2. The van der Waals surface area contributed by atoms with Crippen LogP contribution in [0.4, 0.5) is 28.4 Å². The fourth-order valence-electron chi connectivity index (χ4n) is 3.42. The summed E-state index contributed by atoms with van der Waals surface area (Å²) >= 11 is 0. The van der Waals surface area contributed by atoms with E-state index in [1.54, 1.807) is 42.5 Å². The van der Waals surface area contributed by atoms with E-state index in [9.17, 15) is 8.42 Å². The van der Waals surface area contributed by atoms with E-state index in [1.807, 2.05) is 44.4 Å². The lowest BCUT2D eigenvalue weighted by molar-refractivity contribution is 0.601. The summed E-state index contributed by atoms with van der Waals surface area (Å²) in [6.07, 6.45) is 0. The third-order valence-electron chi connectivity index (χ3n) is 5.33. The third-order valence-corrected chi connectivity index (χ3v) is 6.73. The first-order chi connectivity index (χ1) is 15.4. The molecule has 32 heavy (non-hydrogen) atoms. The SMILES string of the molecule is CN(c1ccccc1)c1ccc(N(C)c2ccc(NS(=O)(=O)c3ccccc3)cc2)cc1. The zero-order valence-corrected chi connectivity index (χ0v) is 18.8. The van der Waals surface area contributed by atoms with Crippen molar-refractivity contribution in [3.05, 3.63) is 109 Å². The molecule has 0 amide bonds. The van der Waals surface area contributed by atoms with Crippen molar-refractivity contribution in [2.45, 2.75) is 4.90 Å². The molecule has 4 aromatic rings. The Morgan fingerprint density at radius 3 is 1.38 bits per heavy atom. The molecule has 0 aliphatic heterocycles. The molecule has 5 nitrogen and oxygen atoms in total. The summed E-state index contributed by atoms with van der Waals surface area (Å²) < 4.78 is 27.6. The van der Waals surface area contributed by atoms with Crippen molar-refractivity contribution in [2.24, 2.45) is 0 Å². The van der Waals surface area contributed by atoms with Gasteiger partial charge in [0.1, 0.15) is 0 Å². The molecule has 0 aliphatic carbocycles. The van der Waals surface area contributed by atoms with E-state index in [4.69, 9.17) is 0 Å². The van der Waals surface area contributed by atoms with E-state index in [0.717, 1.165) is 22.7 Å². The van der Waals surface area contributed by atoms with Gasteiger partial charge in [-0.25, -0.2) is 8.42 Å². The molecule has 0 bridgehead atoms. The highest BCUT2D eigenvalue weighted by atomic mass is 32.2. The molecule has 0 radical (unpaired) electrons. The van der Waals surface area contributed by atoms with Gasteiger partial charge in [0.2, 0.25) is 0 Å². The molecule has 0 aromatic heterocycles. The lowest BCUT2D eigenvalue weighted by Crippen LogP contribution is -2.13. The number of rotatable bonds is 7. The Labute approximate surface area is 189 Å². The third kappa shape index (κ3) is 4.76. The monoisotopic (exact) mass is 443 g/mol. The second-order valence-electron chi connectivity index (χ2n) is 7.44. The van der Waals surface area contributed by atoms with Crippen molar-refractivity contribution in [2.75, 3.05) is 28.6 Å². The van der Waals surface area contributed by atoms with Gasteiger partial charge in [0, 0.05) is 42.5 Å². The number of benzene rings is 4. The van der Waals surface area contributed by atoms with Crippen LogP contribution in [0, 0.1) is 0 Å². The molecule has 4 aromatic carbocycles. The van der Waals surface area contributed by atoms with Crippen molar-refractivity contribution in [1.29, 1.82) is 0 Å². The summed E-state index contributed by atoms with van der Waals surface area (Å²) in [6, 6.07) is 34.2. The van der Waals surface area contributed by atoms with Crippen LogP contribution in [0.15, 0.2) is 114 Å². The Bertz CT molecular complexity index is 1260. The van der Waals surface area contributed by atoms with E-state index in [2.05, 4.69) is 50.9 Å². The zero-order valence-electron chi connectivity index (χ0n) is 18.0. The Morgan fingerprint density at radius 1 is 0.531 bits per heavy atom. The number of hydrogen-bond acceptors (Lipinski definition) is 4. The lowest BCUT2D eigenvalue weighted by Gasteiger charge is -2.23. The van der Waals surface area contributed by atoms with Crippen LogP contribution < -0.4 is 14.5 Å². The summed E-state index contributed by atoms with van der Waals surface area (Å²) in [4.78, 5) is 4.43. The van der Waals surface area contributed by atoms with Crippen LogP contribution in [-0.4, -0.2) is 22.5 Å². The normalized spacial score (nSPS) is 11.1. The van der Waals surface area contributed by atoms with Crippen molar-refractivity contribution >= 4 is 38.5 Å². The summed E-state index contributed by atoms with van der Waals surface area (Å²) in [6.45, 7) is 0. The fourth-order valence-corrected chi connectivity index (χ4v) is 4.50. The molecule has 0 aliphatic rings. The molecular weight excluding hydrogens is 418 g/mol. The van der Waals surface area contributed by atoms with Gasteiger partial charge in [-0.3, -0.25) is 4.72 Å². The maximum atomic E-state index is 12.5. The number of nitrogens with one attached hydrogen (secondary N) is 1. The summed E-state index contributed by atoms with van der Waals surface area (Å²) in [7, 11) is 0.427. The van der Waals surface area contributed by atoms with Crippen LogP contribution in [0.2, 0.25) is 0 Å². The predicted molar refractivity (Wildman–Crippen MR) is 133 cm³/mol. The minimum absolute atomic E-state index is 0.238. The highest BCUT2D eigenvalue weighted by Gasteiger charge is 2.14. The molecule has 0 unspecified atom stereocenters. The molecule has 0 spiro atoms. The number of sulfonamides is 1. The van der Waals surface area contributed by atoms with Crippen LogP contribution >= 0.6 is 0 Å². The van der Waals surface area contributed by atoms with Crippen LogP contribution in [0.5, 0.6) is 0 Å². The van der Waals surface area contributed by atoms with Gasteiger partial charge in [-0.05, 0) is 72.8 Å². The number of anilines is 5. The molecule has 4 rings (SSSR count). The molecular formula is C26H25N3O2S. The van der Waals surface area contributed by atoms with Gasteiger partial charge in [0.15, 0.2) is 0 Å². The molecule has 6 heteroatoms. The highest BCUT2D eigenvalue weighted by Crippen LogP contribution is 2.29. The Morgan fingerprint density at radius 2 is 0.906 bits per heavy atom. The maximum absolute atomic E-state index is 12.5. The summed E-state index contributed by atoms with van der Waals surface area (Å²) in [5, 5.41) is 0. The Hall–Kier alpha value is -3.77. The minimum Gasteiger partial charge on any atom is -0.345 e. The molecule has 1 N–H and O–H groups in total. The Kier molecular flexibility index (Phi) is 6.14. The minimum atomic E-state index is -3.60. The first-order valence-corrected chi connectivity index (χ1v) is 11.7. The largest absolute Gasteiger partial charge is 0.345 e. The lowest BCUT2D eigenvalue weighted by atomic mass is 10.2. The van der Waals surface area contributed by atoms with Gasteiger partial charge in [0.25, 0.3) is 10.0 Å². The van der Waals surface area contributed by atoms with Gasteiger partial charge in [0.05, 0.1) is 4.90 Å². The van der Waals surface area contributed by atoms with E-state index in [0.29, 0.717) is 5.69 Å².